The molecule has 1 aliphatic rings. The minimum Gasteiger partial charge on any atom is -0.508 e. The molecule has 16 heavy (non-hydrogen) atoms. The highest BCUT2D eigenvalue weighted by Gasteiger charge is 2.34. The van der Waals surface area contributed by atoms with Crippen molar-refractivity contribution in [2.75, 3.05) is 0 Å². The SMILES string of the molecule is CCC1(NCc2cc(O)ccc2Br)CCC1. The van der Waals surface area contributed by atoms with Gasteiger partial charge in [-0.05, 0) is 49.4 Å². The van der Waals surface area contributed by atoms with Gasteiger partial charge in [0.25, 0.3) is 0 Å². The zero-order chi connectivity index (χ0) is 11.6. The summed E-state index contributed by atoms with van der Waals surface area (Å²) in [5, 5.41) is 13.1. The van der Waals surface area contributed by atoms with Crippen LogP contribution in [0, 0.1) is 0 Å². The summed E-state index contributed by atoms with van der Waals surface area (Å²) in [6.45, 7) is 3.06. The van der Waals surface area contributed by atoms with Gasteiger partial charge in [0.1, 0.15) is 5.75 Å². The van der Waals surface area contributed by atoms with Crippen molar-refractivity contribution < 1.29 is 5.11 Å². The van der Waals surface area contributed by atoms with Gasteiger partial charge in [0, 0.05) is 16.6 Å². The highest BCUT2D eigenvalue weighted by Crippen LogP contribution is 2.35. The second-order valence-corrected chi connectivity index (χ2v) is 5.47. The predicted molar refractivity (Wildman–Crippen MR) is 69.5 cm³/mol. The lowest BCUT2D eigenvalue weighted by molar-refractivity contribution is 0.175. The number of aromatic hydroxyl groups is 1. The molecule has 1 fully saturated rings. The Labute approximate surface area is 105 Å². The van der Waals surface area contributed by atoms with E-state index in [0.717, 1.165) is 16.6 Å². The molecule has 2 nitrogen and oxygen atoms in total. The van der Waals surface area contributed by atoms with Crippen molar-refractivity contribution in [2.24, 2.45) is 0 Å². The zero-order valence-electron chi connectivity index (χ0n) is 9.59. The van der Waals surface area contributed by atoms with Gasteiger partial charge in [-0.15, -0.1) is 0 Å². The molecular formula is C13H18BrNO. The molecule has 0 atom stereocenters. The summed E-state index contributed by atoms with van der Waals surface area (Å²) >= 11 is 3.51. The lowest BCUT2D eigenvalue weighted by Gasteiger charge is -2.42. The average Bonchev–Trinajstić information content (AvgIpc) is 2.22. The van der Waals surface area contributed by atoms with Crippen molar-refractivity contribution in [3.63, 3.8) is 0 Å². The molecule has 0 heterocycles. The van der Waals surface area contributed by atoms with E-state index in [0.29, 0.717) is 11.3 Å². The van der Waals surface area contributed by atoms with Gasteiger partial charge in [-0.2, -0.15) is 0 Å². The van der Waals surface area contributed by atoms with Crippen LogP contribution in [0.4, 0.5) is 0 Å². The lowest BCUT2D eigenvalue weighted by atomic mass is 9.75. The summed E-state index contributed by atoms with van der Waals surface area (Å²) in [5.74, 6) is 0.333. The first-order valence-corrected chi connectivity index (χ1v) is 6.67. The van der Waals surface area contributed by atoms with Crippen LogP contribution in [0.1, 0.15) is 38.2 Å². The predicted octanol–water partition coefficient (Wildman–Crippen LogP) is 3.58. The van der Waals surface area contributed by atoms with E-state index >= 15 is 0 Å². The Bertz CT molecular complexity index is 369. The van der Waals surface area contributed by atoms with Gasteiger partial charge in [-0.3, -0.25) is 0 Å². The van der Waals surface area contributed by atoms with Crippen molar-refractivity contribution in [3.8, 4) is 5.75 Å². The molecule has 0 radical (unpaired) electrons. The normalized spacial score (nSPS) is 18.1. The van der Waals surface area contributed by atoms with Crippen LogP contribution in [-0.4, -0.2) is 10.6 Å². The van der Waals surface area contributed by atoms with Gasteiger partial charge in [-0.1, -0.05) is 22.9 Å². The third-order valence-corrected chi connectivity index (χ3v) is 4.44. The van der Waals surface area contributed by atoms with Crippen LogP contribution in [0.15, 0.2) is 22.7 Å². The average molecular weight is 284 g/mol. The molecule has 1 aromatic carbocycles. The summed E-state index contributed by atoms with van der Waals surface area (Å²) in [6.07, 6.45) is 5.07. The molecule has 0 saturated heterocycles. The van der Waals surface area contributed by atoms with Crippen LogP contribution >= 0.6 is 15.9 Å². The van der Waals surface area contributed by atoms with Crippen molar-refractivity contribution in [1.29, 1.82) is 0 Å². The number of halogens is 1. The minimum absolute atomic E-state index is 0.333. The molecule has 2 N–H and O–H groups in total. The Balaban J connectivity index is 2.01. The van der Waals surface area contributed by atoms with Crippen molar-refractivity contribution in [3.05, 3.63) is 28.2 Å². The Morgan fingerprint density at radius 2 is 2.19 bits per heavy atom. The first kappa shape index (κ1) is 11.9. The Hall–Kier alpha value is -0.540. The largest absolute Gasteiger partial charge is 0.508 e. The first-order valence-electron chi connectivity index (χ1n) is 5.88. The number of benzene rings is 1. The molecule has 1 saturated carbocycles. The van der Waals surface area contributed by atoms with Crippen LogP contribution in [0.25, 0.3) is 0 Å². The number of hydrogen-bond donors (Lipinski definition) is 2. The number of nitrogens with one attached hydrogen (secondary N) is 1. The van der Waals surface area contributed by atoms with Gasteiger partial charge < -0.3 is 10.4 Å². The van der Waals surface area contributed by atoms with E-state index in [1.165, 1.54) is 25.7 Å². The second-order valence-electron chi connectivity index (χ2n) is 4.62. The van der Waals surface area contributed by atoms with E-state index in [-0.39, 0.29) is 0 Å². The number of phenolic OH excluding ortho intramolecular Hbond substituents is 1. The standard InChI is InChI=1S/C13H18BrNO/c1-2-13(6-3-7-13)15-9-10-8-11(16)4-5-12(10)14/h4-5,8,15-16H,2-3,6-7,9H2,1H3. The van der Waals surface area contributed by atoms with E-state index in [1.54, 1.807) is 6.07 Å². The third kappa shape index (κ3) is 2.41. The number of phenols is 1. The summed E-state index contributed by atoms with van der Waals surface area (Å²) < 4.78 is 1.06. The molecule has 2 rings (SSSR count). The highest BCUT2D eigenvalue weighted by molar-refractivity contribution is 9.10. The van der Waals surface area contributed by atoms with Gasteiger partial charge in [0.15, 0.2) is 0 Å². The molecule has 1 aliphatic carbocycles. The molecule has 1 aromatic rings. The fraction of sp³-hybridized carbons (Fsp3) is 0.538. The number of rotatable bonds is 4. The van der Waals surface area contributed by atoms with Crippen LogP contribution in [0.2, 0.25) is 0 Å². The molecule has 3 heteroatoms. The fourth-order valence-corrected chi connectivity index (χ4v) is 2.63. The van der Waals surface area contributed by atoms with E-state index in [2.05, 4.69) is 28.2 Å². The van der Waals surface area contributed by atoms with Crippen molar-refractivity contribution in [1.82, 2.24) is 5.32 Å². The Morgan fingerprint density at radius 3 is 2.75 bits per heavy atom. The second kappa shape index (κ2) is 4.76. The zero-order valence-corrected chi connectivity index (χ0v) is 11.2. The maximum atomic E-state index is 9.45. The van der Waals surface area contributed by atoms with Crippen molar-refractivity contribution >= 4 is 15.9 Å². The van der Waals surface area contributed by atoms with Gasteiger partial charge in [-0.25, -0.2) is 0 Å². The minimum atomic E-state index is 0.333. The maximum absolute atomic E-state index is 9.45. The first-order chi connectivity index (χ1) is 7.65. The van der Waals surface area contributed by atoms with Crippen molar-refractivity contribution in [2.45, 2.75) is 44.7 Å². The molecule has 0 spiro atoms. The molecule has 0 unspecified atom stereocenters. The van der Waals surface area contributed by atoms with E-state index in [4.69, 9.17) is 0 Å². The summed E-state index contributed by atoms with van der Waals surface area (Å²) in [6, 6.07) is 5.41. The van der Waals surface area contributed by atoms with Crippen LogP contribution < -0.4 is 5.32 Å². The van der Waals surface area contributed by atoms with E-state index < -0.39 is 0 Å². The maximum Gasteiger partial charge on any atom is 0.115 e. The quantitative estimate of drug-likeness (QED) is 0.885. The lowest BCUT2D eigenvalue weighted by Crippen LogP contribution is -2.49. The smallest absolute Gasteiger partial charge is 0.115 e. The van der Waals surface area contributed by atoms with Gasteiger partial charge >= 0.3 is 0 Å². The molecular weight excluding hydrogens is 266 g/mol. The third-order valence-electron chi connectivity index (χ3n) is 3.67. The molecule has 0 bridgehead atoms. The molecule has 88 valence electrons. The van der Waals surface area contributed by atoms with Gasteiger partial charge in [0.05, 0.1) is 0 Å². The fourth-order valence-electron chi connectivity index (χ4n) is 2.24. The summed E-state index contributed by atoms with van der Waals surface area (Å²) in [4.78, 5) is 0. The van der Waals surface area contributed by atoms with E-state index in [1.807, 2.05) is 12.1 Å². The van der Waals surface area contributed by atoms with E-state index in [9.17, 15) is 5.11 Å². The molecule has 0 aromatic heterocycles. The number of hydrogen-bond acceptors (Lipinski definition) is 2. The molecule has 0 aliphatic heterocycles. The van der Waals surface area contributed by atoms with Crippen LogP contribution in [0.5, 0.6) is 5.75 Å². The van der Waals surface area contributed by atoms with Crippen LogP contribution in [0.3, 0.4) is 0 Å². The monoisotopic (exact) mass is 283 g/mol. The molecule has 0 amide bonds. The Morgan fingerprint density at radius 1 is 1.44 bits per heavy atom. The highest BCUT2D eigenvalue weighted by atomic mass is 79.9. The summed E-state index contributed by atoms with van der Waals surface area (Å²) in [7, 11) is 0. The van der Waals surface area contributed by atoms with Crippen LogP contribution in [-0.2, 0) is 6.54 Å². The summed E-state index contributed by atoms with van der Waals surface area (Å²) in [5.41, 5.74) is 1.48. The topological polar surface area (TPSA) is 32.3 Å². The van der Waals surface area contributed by atoms with Gasteiger partial charge in [0.2, 0.25) is 0 Å². The Kier molecular flexibility index (Phi) is 3.55.